The van der Waals surface area contributed by atoms with Crippen molar-refractivity contribution in [2.24, 2.45) is 5.92 Å². The largest absolute Gasteiger partial charge is 0.491 e. The summed E-state index contributed by atoms with van der Waals surface area (Å²) in [6.07, 6.45) is 6.52. The minimum absolute atomic E-state index is 0.0704. The molecule has 3 heterocycles. The molecule has 8 nitrogen and oxygen atoms in total. The number of hydrogen-bond donors (Lipinski definition) is 1. The fourth-order valence-electron chi connectivity index (χ4n) is 5.60. The Labute approximate surface area is 208 Å². The molecule has 35 heavy (non-hydrogen) atoms. The summed E-state index contributed by atoms with van der Waals surface area (Å²) in [5.41, 5.74) is 0. The Morgan fingerprint density at radius 2 is 1.66 bits per heavy atom. The molecule has 1 aromatic carbocycles. The number of fused-ring (bicyclic) bond motifs is 1. The van der Waals surface area contributed by atoms with Crippen LogP contribution >= 0.6 is 0 Å². The summed E-state index contributed by atoms with van der Waals surface area (Å²) in [7, 11) is 0. The van der Waals surface area contributed by atoms with E-state index in [9.17, 15) is 5.11 Å². The van der Waals surface area contributed by atoms with Crippen molar-refractivity contribution in [1.82, 2.24) is 0 Å². The Morgan fingerprint density at radius 1 is 0.886 bits per heavy atom. The lowest BCUT2D eigenvalue weighted by Crippen LogP contribution is -2.42. The Bertz CT molecular complexity index is 736. The molecule has 4 fully saturated rings. The Balaban J connectivity index is 1.22. The highest BCUT2D eigenvalue weighted by Gasteiger charge is 2.49. The average molecular weight is 493 g/mol. The Kier molecular flexibility index (Phi) is 9.29. The van der Waals surface area contributed by atoms with E-state index in [1.54, 1.807) is 0 Å². The first kappa shape index (κ1) is 25.4. The van der Waals surface area contributed by atoms with E-state index in [-0.39, 0.29) is 42.9 Å². The van der Waals surface area contributed by atoms with Crippen LogP contribution in [0.15, 0.2) is 30.3 Å². The third-order valence-corrected chi connectivity index (χ3v) is 7.41. The van der Waals surface area contributed by atoms with Crippen LogP contribution in [0.1, 0.15) is 57.8 Å². The van der Waals surface area contributed by atoms with E-state index in [1.807, 2.05) is 30.3 Å². The normalized spacial score (nSPS) is 36.4. The first-order valence-corrected chi connectivity index (χ1v) is 13.4. The zero-order valence-corrected chi connectivity index (χ0v) is 20.5. The number of hydrogen-bond acceptors (Lipinski definition) is 8. The van der Waals surface area contributed by atoms with Crippen LogP contribution in [0, 0.1) is 5.92 Å². The molecule has 3 aliphatic heterocycles. The molecule has 4 aliphatic rings. The van der Waals surface area contributed by atoms with Gasteiger partial charge < -0.3 is 38.3 Å². The van der Waals surface area contributed by atoms with E-state index in [0.717, 1.165) is 63.9 Å². The smallest absolute Gasteiger partial charge is 0.158 e. The van der Waals surface area contributed by atoms with Crippen molar-refractivity contribution in [2.75, 3.05) is 26.4 Å². The first-order chi connectivity index (χ1) is 17.2. The van der Waals surface area contributed by atoms with Crippen molar-refractivity contribution < 1.29 is 38.3 Å². The molecular weight excluding hydrogens is 452 g/mol. The van der Waals surface area contributed by atoms with Gasteiger partial charge in [0.15, 0.2) is 18.9 Å². The van der Waals surface area contributed by atoms with Gasteiger partial charge in [0, 0.05) is 25.6 Å². The maximum atomic E-state index is 10.0. The van der Waals surface area contributed by atoms with Crippen LogP contribution in [0.2, 0.25) is 0 Å². The fourth-order valence-corrected chi connectivity index (χ4v) is 5.60. The van der Waals surface area contributed by atoms with Gasteiger partial charge in [-0.2, -0.15) is 0 Å². The van der Waals surface area contributed by atoms with E-state index in [0.29, 0.717) is 26.1 Å². The van der Waals surface area contributed by atoms with Gasteiger partial charge in [0.05, 0.1) is 24.9 Å². The topological polar surface area (TPSA) is 84.8 Å². The second-order valence-corrected chi connectivity index (χ2v) is 10.1. The average Bonchev–Trinajstić information content (AvgIpc) is 3.23. The van der Waals surface area contributed by atoms with Crippen LogP contribution in [-0.4, -0.2) is 74.8 Å². The summed E-state index contributed by atoms with van der Waals surface area (Å²) in [6.45, 7) is 2.20. The molecule has 1 saturated carbocycles. The lowest BCUT2D eigenvalue weighted by Gasteiger charge is -2.34. The van der Waals surface area contributed by atoms with Crippen molar-refractivity contribution in [3.63, 3.8) is 0 Å². The van der Waals surface area contributed by atoms with Crippen molar-refractivity contribution in [3.05, 3.63) is 30.3 Å². The molecular formula is C27H40O8. The molecule has 0 spiro atoms. The molecule has 0 aromatic heterocycles. The Morgan fingerprint density at radius 3 is 2.40 bits per heavy atom. The quantitative estimate of drug-likeness (QED) is 0.528. The number of benzene rings is 1. The van der Waals surface area contributed by atoms with Gasteiger partial charge in [-0.3, -0.25) is 0 Å². The molecule has 0 amide bonds. The summed E-state index contributed by atoms with van der Waals surface area (Å²) in [5, 5.41) is 10.0. The van der Waals surface area contributed by atoms with Gasteiger partial charge in [-0.1, -0.05) is 18.2 Å². The van der Waals surface area contributed by atoms with Crippen LogP contribution < -0.4 is 4.74 Å². The van der Waals surface area contributed by atoms with E-state index in [2.05, 4.69) is 0 Å². The van der Waals surface area contributed by atoms with Crippen molar-refractivity contribution in [2.45, 2.75) is 101 Å². The van der Waals surface area contributed by atoms with Crippen LogP contribution in [0.3, 0.4) is 0 Å². The zero-order valence-electron chi connectivity index (χ0n) is 20.5. The number of ether oxygens (including phenoxy) is 7. The summed E-state index contributed by atoms with van der Waals surface area (Å²) in [6, 6.07) is 9.76. The first-order valence-electron chi connectivity index (χ1n) is 13.4. The molecule has 1 aliphatic carbocycles. The second kappa shape index (κ2) is 12.8. The van der Waals surface area contributed by atoms with E-state index in [1.165, 1.54) is 0 Å². The highest BCUT2D eigenvalue weighted by molar-refractivity contribution is 5.20. The highest BCUT2D eigenvalue weighted by atomic mass is 16.7. The Hall–Kier alpha value is -1.26. The maximum absolute atomic E-state index is 10.0. The second-order valence-electron chi connectivity index (χ2n) is 10.1. The van der Waals surface area contributed by atoms with Gasteiger partial charge >= 0.3 is 0 Å². The SMILES string of the molecule is OC1CC[C@@H]2C(CC(OC3CCCCO3)C2OCC(COc2ccccc2)OC2CCCCO2)O1. The van der Waals surface area contributed by atoms with Gasteiger partial charge in [0.25, 0.3) is 0 Å². The molecule has 5 rings (SSSR count). The van der Waals surface area contributed by atoms with Crippen molar-refractivity contribution >= 4 is 0 Å². The molecule has 8 heteroatoms. The minimum Gasteiger partial charge on any atom is -0.491 e. The summed E-state index contributed by atoms with van der Waals surface area (Å²) in [5.74, 6) is 0.977. The monoisotopic (exact) mass is 492 g/mol. The molecule has 0 radical (unpaired) electrons. The molecule has 1 N–H and O–H groups in total. The van der Waals surface area contributed by atoms with E-state index in [4.69, 9.17) is 33.2 Å². The minimum atomic E-state index is -0.708. The molecule has 3 saturated heterocycles. The molecule has 196 valence electrons. The van der Waals surface area contributed by atoms with Crippen LogP contribution in [0.5, 0.6) is 5.75 Å². The molecule has 7 unspecified atom stereocenters. The fraction of sp³-hybridized carbons (Fsp3) is 0.778. The maximum Gasteiger partial charge on any atom is 0.158 e. The summed E-state index contributed by atoms with van der Waals surface area (Å²) < 4.78 is 42.8. The predicted octanol–water partition coefficient (Wildman–Crippen LogP) is 3.79. The van der Waals surface area contributed by atoms with Gasteiger partial charge in [-0.15, -0.1) is 0 Å². The van der Waals surface area contributed by atoms with Gasteiger partial charge in [-0.05, 0) is 63.5 Å². The number of aliphatic hydroxyl groups is 1. The number of para-hydroxylation sites is 1. The van der Waals surface area contributed by atoms with Crippen molar-refractivity contribution in [1.29, 1.82) is 0 Å². The van der Waals surface area contributed by atoms with Crippen molar-refractivity contribution in [3.8, 4) is 5.75 Å². The zero-order chi connectivity index (χ0) is 23.9. The van der Waals surface area contributed by atoms with Gasteiger partial charge in [-0.25, -0.2) is 0 Å². The van der Waals surface area contributed by atoms with E-state index < -0.39 is 6.29 Å². The standard InChI is InChI=1S/C27H40O8/c28-24-13-12-21-22(34-24)16-23(35-26-11-5-7-15-30-26)27(21)32-18-20(33-25-10-4-6-14-29-25)17-31-19-8-2-1-3-9-19/h1-3,8-9,20-28H,4-7,10-18H2/t20?,21-,22?,23?,24?,25?,26?,27?/m1/s1. The van der Waals surface area contributed by atoms with E-state index >= 15 is 0 Å². The molecule has 8 atom stereocenters. The number of rotatable bonds is 10. The highest BCUT2D eigenvalue weighted by Crippen LogP contribution is 2.41. The molecule has 1 aromatic rings. The summed E-state index contributed by atoms with van der Waals surface area (Å²) in [4.78, 5) is 0. The summed E-state index contributed by atoms with van der Waals surface area (Å²) >= 11 is 0. The van der Waals surface area contributed by atoms with Crippen LogP contribution in [0.4, 0.5) is 0 Å². The molecule has 0 bridgehead atoms. The third-order valence-electron chi connectivity index (χ3n) is 7.41. The lowest BCUT2D eigenvalue weighted by atomic mass is 9.94. The lowest BCUT2D eigenvalue weighted by molar-refractivity contribution is -0.228. The van der Waals surface area contributed by atoms with Gasteiger partial charge in [0.2, 0.25) is 0 Å². The van der Waals surface area contributed by atoms with Crippen LogP contribution in [-0.2, 0) is 28.4 Å². The third kappa shape index (κ3) is 7.16. The predicted molar refractivity (Wildman–Crippen MR) is 127 cm³/mol. The van der Waals surface area contributed by atoms with Crippen LogP contribution in [0.25, 0.3) is 0 Å². The van der Waals surface area contributed by atoms with Gasteiger partial charge in [0.1, 0.15) is 18.5 Å². The number of aliphatic hydroxyl groups excluding tert-OH is 1.